The third-order valence-electron chi connectivity index (χ3n) is 5.94. The molecule has 0 bridgehead atoms. The Bertz CT molecular complexity index is 1160. The zero-order chi connectivity index (χ0) is 22.9. The van der Waals surface area contributed by atoms with Gasteiger partial charge >= 0.3 is 6.18 Å². The van der Waals surface area contributed by atoms with Crippen LogP contribution in [0.4, 0.5) is 18.9 Å². The largest absolute Gasteiger partial charge is 0.418 e. The molecule has 0 aliphatic heterocycles. The molecule has 0 spiro atoms. The van der Waals surface area contributed by atoms with E-state index in [4.69, 9.17) is 0 Å². The minimum absolute atomic E-state index is 0.0267. The fraction of sp³-hybridized carbons (Fsp3) is 0.364. The zero-order valence-corrected chi connectivity index (χ0v) is 18.8. The predicted octanol–water partition coefficient (Wildman–Crippen LogP) is 5.02. The molecule has 1 N–H and O–H groups in total. The lowest BCUT2D eigenvalue weighted by molar-refractivity contribution is -0.138. The maximum Gasteiger partial charge on any atom is 0.418 e. The Morgan fingerprint density at radius 3 is 2.75 bits per heavy atom. The van der Waals surface area contributed by atoms with Crippen LogP contribution in [0, 0.1) is 17.2 Å². The smallest absolute Gasteiger partial charge is 0.379 e. The second-order valence-electron chi connectivity index (χ2n) is 8.13. The highest BCUT2D eigenvalue weighted by Gasteiger charge is 2.46. The summed E-state index contributed by atoms with van der Waals surface area (Å²) in [6.07, 6.45) is 0.546. The van der Waals surface area contributed by atoms with Crippen LogP contribution in [0.5, 0.6) is 0 Å². The van der Waals surface area contributed by atoms with Gasteiger partial charge in [0.15, 0.2) is 0 Å². The molecule has 6 nitrogen and oxygen atoms in total. The Kier molecular flexibility index (Phi) is 5.95. The van der Waals surface area contributed by atoms with Gasteiger partial charge in [0, 0.05) is 41.2 Å². The fourth-order valence-corrected chi connectivity index (χ4v) is 4.56. The third-order valence-corrected chi connectivity index (χ3v) is 6.37. The lowest BCUT2D eigenvalue weighted by atomic mass is 9.57. The van der Waals surface area contributed by atoms with E-state index in [1.807, 2.05) is 35.9 Å². The average molecular weight is 505 g/mol. The molecule has 2 heterocycles. The molecule has 0 unspecified atom stereocenters. The van der Waals surface area contributed by atoms with Crippen LogP contribution >= 0.6 is 15.9 Å². The minimum atomic E-state index is -4.49. The van der Waals surface area contributed by atoms with Crippen LogP contribution in [0.3, 0.4) is 0 Å². The molecule has 2 aromatic heterocycles. The first-order valence-electron chi connectivity index (χ1n) is 9.99. The first-order valence-corrected chi connectivity index (χ1v) is 10.8. The molecular formula is C22H20BrF3N6. The number of nitriles is 1. The molecule has 0 amide bonds. The second kappa shape index (κ2) is 8.54. The van der Waals surface area contributed by atoms with Crippen LogP contribution in [0.2, 0.25) is 0 Å². The van der Waals surface area contributed by atoms with Crippen molar-refractivity contribution in [1.82, 2.24) is 19.7 Å². The summed E-state index contributed by atoms with van der Waals surface area (Å²) in [5.74, 6) is 0.801. The monoisotopic (exact) mass is 504 g/mol. The highest BCUT2D eigenvalue weighted by Crippen LogP contribution is 2.50. The summed E-state index contributed by atoms with van der Waals surface area (Å²) in [5, 5.41) is 20.5. The van der Waals surface area contributed by atoms with Crippen molar-refractivity contribution >= 4 is 21.6 Å². The summed E-state index contributed by atoms with van der Waals surface area (Å²) < 4.78 is 42.3. The van der Waals surface area contributed by atoms with Crippen molar-refractivity contribution in [3.63, 3.8) is 0 Å². The van der Waals surface area contributed by atoms with E-state index in [1.165, 1.54) is 6.20 Å². The number of halogens is 4. The Labute approximate surface area is 191 Å². The van der Waals surface area contributed by atoms with E-state index < -0.39 is 11.7 Å². The van der Waals surface area contributed by atoms with Gasteiger partial charge in [-0.1, -0.05) is 12.1 Å². The molecule has 10 heteroatoms. The summed E-state index contributed by atoms with van der Waals surface area (Å²) in [4.78, 5) is 3.96. The first kappa shape index (κ1) is 22.3. The molecule has 3 aromatic rings. The summed E-state index contributed by atoms with van der Waals surface area (Å²) >= 11 is 3.05. The van der Waals surface area contributed by atoms with Gasteiger partial charge in [0.2, 0.25) is 0 Å². The van der Waals surface area contributed by atoms with Gasteiger partial charge in [-0.05, 0) is 52.5 Å². The van der Waals surface area contributed by atoms with E-state index >= 15 is 0 Å². The van der Waals surface area contributed by atoms with E-state index in [0.29, 0.717) is 24.9 Å². The fourth-order valence-electron chi connectivity index (χ4n) is 4.23. The van der Waals surface area contributed by atoms with E-state index in [-0.39, 0.29) is 28.0 Å². The number of nitrogens with one attached hydrogen (secondary N) is 1. The number of pyridine rings is 1. The maximum absolute atomic E-state index is 13.4. The van der Waals surface area contributed by atoms with Crippen LogP contribution in [-0.2, 0) is 31.6 Å². The molecule has 0 atom stereocenters. The van der Waals surface area contributed by atoms with Gasteiger partial charge in [0.25, 0.3) is 0 Å². The number of aryl methyl sites for hydroxylation is 1. The molecule has 1 aliphatic carbocycles. The van der Waals surface area contributed by atoms with E-state index in [1.54, 1.807) is 6.33 Å². The highest BCUT2D eigenvalue weighted by molar-refractivity contribution is 9.10. The van der Waals surface area contributed by atoms with Gasteiger partial charge in [-0.25, -0.2) is 0 Å². The second-order valence-corrected chi connectivity index (χ2v) is 9.05. The Morgan fingerprint density at radius 1 is 1.31 bits per heavy atom. The van der Waals surface area contributed by atoms with Gasteiger partial charge in [-0.15, -0.1) is 10.2 Å². The number of hydrogen-bond acceptors (Lipinski definition) is 5. The molecule has 1 fully saturated rings. The van der Waals surface area contributed by atoms with Crippen molar-refractivity contribution in [3.8, 4) is 6.07 Å². The number of benzene rings is 1. The molecule has 1 saturated carbocycles. The van der Waals surface area contributed by atoms with Gasteiger partial charge in [0.05, 0.1) is 23.9 Å². The third kappa shape index (κ3) is 4.48. The predicted molar refractivity (Wildman–Crippen MR) is 115 cm³/mol. The maximum atomic E-state index is 13.4. The van der Waals surface area contributed by atoms with Gasteiger partial charge in [-0.3, -0.25) is 4.98 Å². The lowest BCUT2D eigenvalue weighted by Crippen LogP contribution is -2.43. The van der Waals surface area contributed by atoms with Gasteiger partial charge < -0.3 is 9.88 Å². The quantitative estimate of drug-likeness (QED) is 0.509. The molecule has 0 radical (unpaired) electrons. The van der Waals surface area contributed by atoms with Crippen LogP contribution < -0.4 is 5.32 Å². The van der Waals surface area contributed by atoms with Crippen LogP contribution in [0.1, 0.15) is 35.5 Å². The van der Waals surface area contributed by atoms with Crippen molar-refractivity contribution in [2.24, 2.45) is 13.0 Å². The minimum Gasteiger partial charge on any atom is -0.379 e. The molecule has 166 valence electrons. The van der Waals surface area contributed by atoms with Gasteiger partial charge in [-0.2, -0.15) is 18.4 Å². The van der Waals surface area contributed by atoms with Crippen molar-refractivity contribution in [2.45, 2.75) is 37.4 Å². The summed E-state index contributed by atoms with van der Waals surface area (Å²) in [6, 6.07) is 11.0. The normalized spacial score (nSPS) is 20.4. The Hall–Kier alpha value is -2.93. The molecule has 1 aliphatic rings. The molecule has 0 saturated heterocycles. The summed E-state index contributed by atoms with van der Waals surface area (Å²) in [6.45, 7) is -0.0668. The van der Waals surface area contributed by atoms with Crippen LogP contribution in [0.15, 0.2) is 47.3 Å². The SMILES string of the molecule is Cn1cnnc1CC1(c2cccc(NCc3ncc(Br)cc3C(F)(F)F)c2)CC(C#N)C1. The number of rotatable bonds is 6. The highest BCUT2D eigenvalue weighted by atomic mass is 79.9. The molecular weight excluding hydrogens is 485 g/mol. The summed E-state index contributed by atoms with van der Waals surface area (Å²) in [7, 11) is 1.88. The van der Waals surface area contributed by atoms with Crippen molar-refractivity contribution in [3.05, 3.63) is 70.0 Å². The van der Waals surface area contributed by atoms with Crippen LogP contribution in [0.25, 0.3) is 0 Å². The average Bonchev–Trinajstić information content (AvgIpc) is 3.13. The molecule has 4 rings (SSSR count). The number of nitrogens with zero attached hydrogens (tertiary/aromatic N) is 5. The molecule has 1 aromatic carbocycles. The van der Waals surface area contributed by atoms with Gasteiger partial charge in [0.1, 0.15) is 12.2 Å². The Balaban J connectivity index is 1.57. The van der Waals surface area contributed by atoms with E-state index in [2.05, 4.69) is 42.5 Å². The van der Waals surface area contributed by atoms with E-state index in [9.17, 15) is 18.4 Å². The molecule has 32 heavy (non-hydrogen) atoms. The zero-order valence-electron chi connectivity index (χ0n) is 17.2. The Morgan fingerprint density at radius 2 is 2.09 bits per heavy atom. The van der Waals surface area contributed by atoms with Crippen molar-refractivity contribution < 1.29 is 13.2 Å². The number of anilines is 1. The number of hydrogen-bond donors (Lipinski definition) is 1. The van der Waals surface area contributed by atoms with Crippen molar-refractivity contribution in [2.75, 3.05) is 5.32 Å². The lowest BCUT2D eigenvalue weighted by Gasteiger charge is -2.45. The number of alkyl halides is 3. The standard InChI is InChI=1S/C22H20BrF3N6/c1-32-13-30-31-20(32)9-21(7-14(8-21)10-27)15-3-2-4-17(5-15)28-12-19-18(22(24,25)26)6-16(23)11-29-19/h2-6,11,13-14,28H,7-9,12H2,1H3. The van der Waals surface area contributed by atoms with E-state index in [0.717, 1.165) is 17.5 Å². The topological polar surface area (TPSA) is 79.4 Å². The summed E-state index contributed by atoms with van der Waals surface area (Å²) in [5.41, 5.74) is 0.611. The van der Waals surface area contributed by atoms with Crippen molar-refractivity contribution in [1.29, 1.82) is 5.26 Å². The number of aromatic nitrogens is 4. The first-order chi connectivity index (χ1) is 15.2. The van der Waals surface area contributed by atoms with Crippen LogP contribution in [-0.4, -0.2) is 19.7 Å².